The molecule has 0 radical (unpaired) electrons. The first-order chi connectivity index (χ1) is 38.6. The van der Waals surface area contributed by atoms with Gasteiger partial charge in [-0.15, -0.1) is 0 Å². The van der Waals surface area contributed by atoms with E-state index in [1.807, 2.05) is 121 Å². The molecule has 11 aromatic carbocycles. The van der Waals surface area contributed by atoms with Crippen molar-refractivity contribution in [1.82, 2.24) is 9.13 Å². The predicted molar refractivity (Wildman–Crippen MR) is 325 cm³/mol. The smallest absolute Gasteiger partial charge is 0.241 e. The van der Waals surface area contributed by atoms with E-state index in [1.165, 1.54) is 21.5 Å². The molecule has 370 valence electrons. The molecule has 8 heteroatoms. The third-order valence-electron chi connectivity index (χ3n) is 14.3. The van der Waals surface area contributed by atoms with Gasteiger partial charge in [0.2, 0.25) is 6.71 Å². The zero-order valence-electron chi connectivity index (χ0n) is 42.6. The minimum absolute atomic E-state index is 0.127. The number of aromatic nitrogens is 2. The SMILES string of the molecule is C=NC(=NC(=NCc1cccc(-n2c3ccccc3c3ccc4c5ccccc5n(-c5cccc(B(c6ccc(Oc7ccccc7)cc6)c6ccc(Oc7ccccc7)cc6)c5)c4c32)c1)c1ccccc1)c1ccccc1. The van der Waals surface area contributed by atoms with Crippen LogP contribution in [0.2, 0.25) is 0 Å². The molecule has 0 fully saturated rings. The fourth-order valence-corrected chi connectivity index (χ4v) is 10.8. The summed E-state index contributed by atoms with van der Waals surface area (Å²) in [4.78, 5) is 14.5. The van der Waals surface area contributed by atoms with E-state index in [1.54, 1.807) is 0 Å². The molecular formula is C70H50BN5O2. The number of para-hydroxylation sites is 4. The van der Waals surface area contributed by atoms with E-state index in [2.05, 4.69) is 179 Å². The Balaban J connectivity index is 0.953. The second-order valence-corrected chi connectivity index (χ2v) is 19.2. The summed E-state index contributed by atoms with van der Waals surface area (Å²) in [6.07, 6.45) is 0. The molecule has 13 aromatic rings. The van der Waals surface area contributed by atoms with Gasteiger partial charge < -0.3 is 18.6 Å². The highest BCUT2D eigenvalue weighted by Crippen LogP contribution is 2.42. The van der Waals surface area contributed by atoms with Crippen molar-refractivity contribution in [3.63, 3.8) is 0 Å². The van der Waals surface area contributed by atoms with Crippen molar-refractivity contribution in [2.45, 2.75) is 6.54 Å². The van der Waals surface area contributed by atoms with Crippen molar-refractivity contribution in [3.8, 4) is 34.4 Å². The molecule has 0 N–H and O–H groups in total. The minimum atomic E-state index is -0.127. The summed E-state index contributed by atoms with van der Waals surface area (Å²) >= 11 is 0. The minimum Gasteiger partial charge on any atom is -0.457 e. The average Bonchev–Trinajstić information content (AvgIpc) is 4.26. The molecule has 0 atom stereocenters. The number of nitrogens with zero attached hydrogens (tertiary/aromatic N) is 5. The van der Waals surface area contributed by atoms with Crippen LogP contribution in [0, 0.1) is 0 Å². The van der Waals surface area contributed by atoms with Gasteiger partial charge in [0.1, 0.15) is 23.0 Å². The lowest BCUT2D eigenvalue weighted by molar-refractivity contribution is 0.482. The van der Waals surface area contributed by atoms with Crippen molar-refractivity contribution in [1.29, 1.82) is 0 Å². The lowest BCUT2D eigenvalue weighted by Crippen LogP contribution is -2.52. The number of amidine groups is 2. The molecule has 78 heavy (non-hydrogen) atoms. The van der Waals surface area contributed by atoms with Crippen LogP contribution in [0.4, 0.5) is 0 Å². The van der Waals surface area contributed by atoms with Crippen molar-refractivity contribution in [2.24, 2.45) is 15.0 Å². The van der Waals surface area contributed by atoms with Gasteiger partial charge in [-0.1, -0.05) is 211 Å². The van der Waals surface area contributed by atoms with Crippen LogP contribution >= 0.6 is 0 Å². The van der Waals surface area contributed by atoms with E-state index < -0.39 is 0 Å². The fraction of sp³-hybridized carbons (Fsp3) is 0.0143. The van der Waals surface area contributed by atoms with Gasteiger partial charge in [-0.3, -0.25) is 4.99 Å². The molecular weight excluding hydrogens is 954 g/mol. The molecule has 0 aliphatic rings. The molecule has 2 aromatic heterocycles. The first-order valence-electron chi connectivity index (χ1n) is 26.1. The van der Waals surface area contributed by atoms with Gasteiger partial charge in [0.15, 0.2) is 11.7 Å². The number of ether oxygens (including phenoxy) is 2. The second kappa shape index (κ2) is 21.1. The molecule has 0 unspecified atom stereocenters. The zero-order chi connectivity index (χ0) is 52.2. The highest BCUT2D eigenvalue weighted by molar-refractivity contribution is 6.95. The van der Waals surface area contributed by atoms with Crippen LogP contribution in [0.1, 0.15) is 16.7 Å². The molecule has 0 spiro atoms. The molecule has 0 aliphatic heterocycles. The van der Waals surface area contributed by atoms with Crippen molar-refractivity contribution < 1.29 is 9.47 Å². The fourth-order valence-electron chi connectivity index (χ4n) is 10.8. The highest BCUT2D eigenvalue weighted by Gasteiger charge is 2.25. The van der Waals surface area contributed by atoms with Crippen LogP contribution < -0.4 is 25.9 Å². The predicted octanol–water partition coefficient (Wildman–Crippen LogP) is 15.1. The molecule has 0 amide bonds. The first kappa shape index (κ1) is 47.4. The summed E-state index contributed by atoms with van der Waals surface area (Å²) in [6, 6.07) is 96.6. The molecule has 0 saturated heterocycles. The van der Waals surface area contributed by atoms with Gasteiger partial charge in [0.05, 0.1) is 28.6 Å². The quantitative estimate of drug-likeness (QED) is 0.0656. The number of aliphatic imine (C=N–C) groups is 3. The maximum absolute atomic E-state index is 6.28. The largest absolute Gasteiger partial charge is 0.457 e. The van der Waals surface area contributed by atoms with E-state index in [4.69, 9.17) is 19.5 Å². The molecule has 0 bridgehead atoms. The number of rotatable bonds is 13. The summed E-state index contributed by atoms with van der Waals surface area (Å²) in [5.41, 5.74) is 12.8. The Labute approximate surface area is 453 Å². The Morgan fingerprint density at radius 3 is 1.32 bits per heavy atom. The standard InChI is InChI=1S/C70H50BN5O2/c1-72-69(50-21-6-2-7-22-50)74-70(51-23-8-3-9-24-51)73-48-49-20-18-26-55(46-49)75-65-34-16-14-32-61(65)63-44-45-64-62-33-15-17-35-66(62)76(68(64)67(63)75)56-27-19-25-54(47-56)71(52-36-40-59(41-37-52)77-57-28-10-4-11-29-57)53-38-42-60(43-39-53)78-58-30-12-5-13-31-58/h2-47H,1,48H2. The van der Waals surface area contributed by atoms with Gasteiger partial charge in [-0.2, -0.15) is 0 Å². The lowest BCUT2D eigenvalue weighted by atomic mass is 9.37. The van der Waals surface area contributed by atoms with Crippen LogP contribution in [0.3, 0.4) is 0 Å². The highest BCUT2D eigenvalue weighted by atomic mass is 16.5. The summed E-state index contributed by atoms with van der Waals surface area (Å²) in [5.74, 6) is 4.24. The Kier molecular flexibility index (Phi) is 12.8. The van der Waals surface area contributed by atoms with E-state index in [9.17, 15) is 0 Å². The van der Waals surface area contributed by atoms with Crippen LogP contribution in [0.5, 0.6) is 23.0 Å². The normalized spacial score (nSPS) is 11.8. The van der Waals surface area contributed by atoms with Gasteiger partial charge in [-0.25, -0.2) is 9.98 Å². The number of benzene rings is 11. The molecule has 0 saturated carbocycles. The van der Waals surface area contributed by atoms with E-state index in [0.717, 1.165) is 89.5 Å². The van der Waals surface area contributed by atoms with Crippen molar-refractivity contribution in [2.75, 3.05) is 0 Å². The van der Waals surface area contributed by atoms with Crippen LogP contribution in [-0.2, 0) is 6.54 Å². The maximum Gasteiger partial charge on any atom is 0.241 e. The Bertz CT molecular complexity index is 4260. The number of hydrogen-bond acceptors (Lipinski definition) is 3. The van der Waals surface area contributed by atoms with Crippen LogP contribution in [-0.4, -0.2) is 34.2 Å². The second-order valence-electron chi connectivity index (χ2n) is 19.2. The van der Waals surface area contributed by atoms with E-state index in [0.29, 0.717) is 18.2 Å². The summed E-state index contributed by atoms with van der Waals surface area (Å²) in [7, 11) is 0. The van der Waals surface area contributed by atoms with Gasteiger partial charge in [0.25, 0.3) is 0 Å². The van der Waals surface area contributed by atoms with E-state index in [-0.39, 0.29) is 6.71 Å². The summed E-state index contributed by atoms with van der Waals surface area (Å²) in [5, 5.41) is 4.69. The Morgan fingerprint density at radius 1 is 0.372 bits per heavy atom. The van der Waals surface area contributed by atoms with Gasteiger partial charge >= 0.3 is 0 Å². The topological polar surface area (TPSA) is 65.4 Å². The Morgan fingerprint density at radius 2 is 0.808 bits per heavy atom. The third-order valence-corrected chi connectivity index (χ3v) is 14.3. The molecule has 2 heterocycles. The van der Waals surface area contributed by atoms with Gasteiger partial charge in [0, 0.05) is 44.0 Å². The van der Waals surface area contributed by atoms with E-state index >= 15 is 0 Å². The number of hydrogen-bond donors (Lipinski definition) is 0. The summed E-state index contributed by atoms with van der Waals surface area (Å²) in [6.45, 7) is 4.14. The molecule has 7 nitrogen and oxygen atoms in total. The van der Waals surface area contributed by atoms with Crippen LogP contribution in [0.25, 0.3) is 55.0 Å². The van der Waals surface area contributed by atoms with Gasteiger partial charge in [-0.05, 0) is 97.2 Å². The zero-order valence-corrected chi connectivity index (χ0v) is 42.6. The Hall–Kier alpha value is -10.3. The maximum atomic E-state index is 6.28. The third kappa shape index (κ3) is 9.33. The lowest BCUT2D eigenvalue weighted by Gasteiger charge is -2.19. The summed E-state index contributed by atoms with van der Waals surface area (Å²) < 4.78 is 17.5. The first-order valence-corrected chi connectivity index (χ1v) is 26.1. The monoisotopic (exact) mass is 1000 g/mol. The van der Waals surface area contributed by atoms with Crippen LogP contribution in [0.15, 0.2) is 294 Å². The average molecular weight is 1000 g/mol. The van der Waals surface area contributed by atoms with Crippen molar-refractivity contribution >= 4 is 85.1 Å². The number of fused-ring (bicyclic) bond motifs is 7. The molecule has 13 rings (SSSR count). The molecule has 0 aliphatic carbocycles. The van der Waals surface area contributed by atoms with Crippen molar-refractivity contribution in [3.05, 3.63) is 296 Å².